The zero-order valence-electron chi connectivity index (χ0n) is 31.3. The van der Waals surface area contributed by atoms with E-state index in [-0.39, 0.29) is 35.3 Å². The summed E-state index contributed by atoms with van der Waals surface area (Å²) in [5, 5.41) is 2.20. The second-order valence-corrected chi connectivity index (χ2v) is 16.5. The van der Waals surface area contributed by atoms with Crippen molar-refractivity contribution in [2.75, 3.05) is 17.7 Å². The van der Waals surface area contributed by atoms with Crippen molar-refractivity contribution in [1.29, 1.82) is 0 Å². The van der Waals surface area contributed by atoms with Crippen LogP contribution in [0.5, 0.6) is 0 Å². The number of pyridine rings is 1. The van der Waals surface area contributed by atoms with Gasteiger partial charge >= 0.3 is 0 Å². The van der Waals surface area contributed by atoms with Gasteiger partial charge in [-0.2, -0.15) is 0 Å². The van der Waals surface area contributed by atoms with Gasteiger partial charge in [0.25, 0.3) is 11.8 Å². The van der Waals surface area contributed by atoms with Crippen LogP contribution in [0.1, 0.15) is 52.5 Å². The fourth-order valence-corrected chi connectivity index (χ4v) is 8.95. The first-order valence-electron chi connectivity index (χ1n) is 18.5. The number of piperidine rings is 1. The van der Waals surface area contributed by atoms with Crippen LogP contribution < -0.4 is 21.1 Å². The maximum Gasteiger partial charge on any atom is 0.262 e. The molecule has 3 aromatic carbocycles. The van der Waals surface area contributed by atoms with Crippen LogP contribution in [-0.2, 0) is 25.2 Å². The van der Waals surface area contributed by atoms with Gasteiger partial charge in [0, 0.05) is 54.4 Å². The van der Waals surface area contributed by atoms with Crippen molar-refractivity contribution in [3.8, 4) is 16.8 Å². The Balaban J connectivity index is 1.07. The molecule has 4 amide bonds. The molecule has 2 aliphatic heterocycles. The molecule has 6 aromatic rings. The van der Waals surface area contributed by atoms with Crippen LogP contribution in [0.3, 0.4) is 0 Å². The number of fused-ring (bicyclic) bond motifs is 2. The monoisotopic (exact) mass is 801 g/mol. The van der Waals surface area contributed by atoms with E-state index < -0.39 is 62.6 Å². The molecule has 1 fully saturated rings. The number of hydrogen-bond donors (Lipinski definition) is 1. The summed E-state index contributed by atoms with van der Waals surface area (Å²) in [5.41, 5.74) is 4.13. The number of sulfone groups is 1. The number of nitrogens with one attached hydrogen (secondary N) is 1. The molecule has 0 spiro atoms. The van der Waals surface area contributed by atoms with Gasteiger partial charge in [-0.05, 0) is 49.2 Å². The lowest BCUT2D eigenvalue weighted by atomic mass is 9.63. The summed E-state index contributed by atoms with van der Waals surface area (Å²) in [6.45, 7) is 1.72. The highest BCUT2D eigenvalue weighted by atomic mass is 32.2. The van der Waals surface area contributed by atoms with E-state index in [0.29, 0.717) is 41.7 Å². The molecule has 3 aromatic heterocycles. The van der Waals surface area contributed by atoms with E-state index in [9.17, 15) is 27.6 Å². The Bertz CT molecular complexity index is 2780. The summed E-state index contributed by atoms with van der Waals surface area (Å²) in [4.78, 5) is 66.5. The molecular weight excluding hydrogens is 767 g/mol. The molecule has 1 N–H and O–H groups in total. The van der Waals surface area contributed by atoms with Crippen LogP contribution in [0, 0.1) is 11.6 Å². The van der Waals surface area contributed by atoms with Crippen molar-refractivity contribution in [3.05, 3.63) is 120 Å². The number of nitrogens with zero attached hydrogens (tertiary/aromatic N) is 6. The number of amides is 4. The van der Waals surface area contributed by atoms with Crippen molar-refractivity contribution in [3.63, 3.8) is 0 Å². The minimum absolute atomic E-state index is 0.0383. The van der Waals surface area contributed by atoms with Gasteiger partial charge < -0.3 is 9.47 Å². The lowest BCUT2D eigenvalue weighted by molar-refractivity contribution is -0.136. The first-order chi connectivity index (χ1) is 27.8. The molecule has 0 saturated carbocycles. The lowest BCUT2D eigenvalue weighted by Gasteiger charge is -2.27. The first-order valence-corrected chi connectivity index (χ1v) is 20.3. The lowest BCUT2D eigenvalue weighted by Crippen LogP contribution is -2.54. The predicted molar refractivity (Wildman–Crippen MR) is 214 cm³/mol. The molecule has 17 heteroatoms. The minimum atomic E-state index is -3.62. The van der Waals surface area contributed by atoms with Gasteiger partial charge in [-0.15, -0.1) is 0 Å². The van der Waals surface area contributed by atoms with Crippen molar-refractivity contribution >= 4 is 74.2 Å². The topological polar surface area (TPSA) is 165 Å². The Morgan fingerprint density at radius 1 is 0.897 bits per heavy atom. The van der Waals surface area contributed by atoms with Crippen molar-refractivity contribution in [2.24, 2.45) is 0 Å². The minimum Gasteiger partial charge on any atom is -0.329 e. The fourth-order valence-electron chi connectivity index (χ4n) is 7.48. The third-order valence-electron chi connectivity index (χ3n) is 10.4. The van der Waals surface area contributed by atoms with Gasteiger partial charge in [0.2, 0.25) is 11.8 Å². The van der Waals surface area contributed by atoms with Crippen LogP contribution >= 0.6 is 0 Å². The third kappa shape index (κ3) is 7.01. The first kappa shape index (κ1) is 38.3. The average Bonchev–Trinajstić information content (AvgIpc) is 3.69. The zero-order chi connectivity index (χ0) is 40.9. The average molecular weight is 802 g/mol. The van der Waals surface area contributed by atoms with Gasteiger partial charge in [-0.1, -0.05) is 48.2 Å². The summed E-state index contributed by atoms with van der Waals surface area (Å²) in [6.07, 6.45) is 6.51. The highest BCUT2D eigenvalue weighted by Crippen LogP contribution is 2.36. The van der Waals surface area contributed by atoms with Crippen molar-refractivity contribution in [1.82, 2.24) is 29.7 Å². The molecule has 13 nitrogen and oxygen atoms in total. The number of anilines is 2. The van der Waals surface area contributed by atoms with E-state index >= 15 is 8.78 Å². The molecule has 0 radical (unpaired) electrons. The highest BCUT2D eigenvalue weighted by molar-refractivity contribution is 7.90. The van der Waals surface area contributed by atoms with Crippen LogP contribution in [-0.4, -0.2) is 82.6 Å². The van der Waals surface area contributed by atoms with E-state index in [1.54, 1.807) is 49.6 Å². The Hall–Kier alpha value is -6.62. The maximum atomic E-state index is 16.1. The number of aromatic nitrogens is 4. The molecule has 5 heterocycles. The smallest absolute Gasteiger partial charge is 0.262 e. The number of rotatable bonds is 11. The Morgan fingerprint density at radius 3 is 2.34 bits per heavy atom. The van der Waals surface area contributed by atoms with Crippen LogP contribution in [0.4, 0.5) is 20.3 Å². The summed E-state index contributed by atoms with van der Waals surface area (Å²) in [6, 6.07) is 17.2. The number of imide groups is 2. The summed E-state index contributed by atoms with van der Waals surface area (Å²) in [7, 11) is -1.36. The SMILES string of the molecule is CCCS(=O)(=O)Cc1ccc(F)c(-n2cc(-c3cncnc3)c3nc(N(C)c4ccc(Bc5ccc6c(c5)C(=O)N(C5CCC(=O)NC5=O)C6=O)cc4)ccc32)c1F. The summed E-state index contributed by atoms with van der Waals surface area (Å²) in [5.74, 6) is -4.28. The molecule has 2 aliphatic rings. The maximum absolute atomic E-state index is 16.1. The van der Waals surface area contributed by atoms with Crippen LogP contribution in [0.25, 0.3) is 27.8 Å². The highest BCUT2D eigenvalue weighted by Gasteiger charge is 2.44. The zero-order valence-corrected chi connectivity index (χ0v) is 32.1. The van der Waals surface area contributed by atoms with E-state index in [4.69, 9.17) is 4.98 Å². The largest absolute Gasteiger partial charge is 0.329 e. The van der Waals surface area contributed by atoms with Gasteiger partial charge in [0.1, 0.15) is 29.7 Å². The standard InChI is InChI=1S/C41H34BF2N7O6S/c1-3-16-58(56,57)21-23-4-11-31(43)38(36(23)44)50-20-30(24-18-45-22-46-19-24)37-32(50)12-14-34(47-37)49(2)27-8-5-25(6-9-27)42-26-7-10-28-29(17-26)41(55)51(40(28)54)33-13-15-35(52)48-39(33)53/h4-12,14,17-20,22,33,42H,3,13,15-16,21H2,1-2H3,(H,48,52,53). The van der Waals surface area contributed by atoms with E-state index in [1.165, 1.54) is 17.1 Å². The number of halogens is 2. The molecule has 1 saturated heterocycles. The summed E-state index contributed by atoms with van der Waals surface area (Å²) >= 11 is 0. The molecule has 1 unspecified atom stereocenters. The van der Waals surface area contributed by atoms with Crippen LogP contribution in [0.2, 0.25) is 0 Å². The Morgan fingerprint density at radius 2 is 1.62 bits per heavy atom. The second kappa shape index (κ2) is 15.0. The molecule has 8 rings (SSSR count). The van der Waals surface area contributed by atoms with E-state index in [2.05, 4.69) is 15.3 Å². The quantitative estimate of drug-likeness (QED) is 0.151. The van der Waals surface area contributed by atoms with Gasteiger partial charge in [-0.3, -0.25) is 29.4 Å². The molecule has 0 aliphatic carbocycles. The molecule has 58 heavy (non-hydrogen) atoms. The number of carbonyl (C=O) groups is 4. The van der Waals surface area contributed by atoms with Crippen LogP contribution in [0.15, 0.2) is 91.6 Å². The second-order valence-electron chi connectivity index (χ2n) is 14.3. The van der Waals surface area contributed by atoms with Gasteiger partial charge in [-0.25, -0.2) is 32.2 Å². The van der Waals surface area contributed by atoms with Gasteiger partial charge in [0.05, 0.1) is 33.7 Å². The molecule has 0 bridgehead atoms. The normalized spacial score (nSPS) is 15.5. The molecular formula is C41H34BF2N7O6S. The fraction of sp³-hybridized carbons (Fsp3) is 0.195. The van der Waals surface area contributed by atoms with E-state index in [0.717, 1.165) is 33.6 Å². The van der Waals surface area contributed by atoms with Crippen molar-refractivity contribution < 1.29 is 36.4 Å². The van der Waals surface area contributed by atoms with Crippen molar-refractivity contribution in [2.45, 2.75) is 38.0 Å². The third-order valence-corrected chi connectivity index (χ3v) is 12.1. The molecule has 1 atom stereocenters. The summed E-state index contributed by atoms with van der Waals surface area (Å²) < 4.78 is 58.1. The van der Waals surface area contributed by atoms with E-state index in [1.807, 2.05) is 36.2 Å². The molecule has 292 valence electrons. The number of hydrogen-bond acceptors (Lipinski definition) is 10. The number of carbonyl (C=O) groups excluding carboxylic acids is 4. The number of benzene rings is 3. The van der Waals surface area contributed by atoms with Gasteiger partial charge in [0.15, 0.2) is 22.9 Å². The Kier molecular flexibility index (Phi) is 9.92. The Labute approximate surface area is 331 Å². The predicted octanol–water partition coefficient (Wildman–Crippen LogP) is 3.64.